The van der Waals surface area contributed by atoms with E-state index in [2.05, 4.69) is 125 Å². The molecule has 3 heteroatoms. The Morgan fingerprint density at radius 1 is 0.222 bits per heavy atom. The molecule has 27 heavy (non-hydrogen) atoms. The van der Waals surface area contributed by atoms with Crippen molar-refractivity contribution in [3.8, 4) is 0 Å². The fraction of sp³-hybridized carbons (Fsp3) is 0.750. The van der Waals surface area contributed by atoms with Gasteiger partial charge < -0.3 is 41.0 Å². The Hall–Kier alpha value is 1.39. The molecule has 0 spiro atoms. The molecule has 0 saturated heterocycles. The van der Waals surface area contributed by atoms with Crippen LogP contribution in [0.25, 0.3) is 0 Å². The van der Waals surface area contributed by atoms with Gasteiger partial charge in [0.1, 0.15) is 0 Å². The average Bonchev–Trinajstić information content (AvgIpc) is 2.08. The van der Waals surface area contributed by atoms with E-state index in [1.807, 2.05) is 0 Å². The van der Waals surface area contributed by atoms with Crippen LogP contribution in [0.4, 0.5) is 0 Å². The van der Waals surface area contributed by atoms with Crippen LogP contribution >= 0.6 is 0 Å². The summed E-state index contributed by atoms with van der Waals surface area (Å²) in [6.45, 7) is 37.5. The quantitative estimate of drug-likeness (QED) is 0.257. The van der Waals surface area contributed by atoms with E-state index in [1.54, 1.807) is 0 Å². The van der Waals surface area contributed by atoms with E-state index in [0.29, 0.717) is 0 Å². The van der Waals surface area contributed by atoms with Crippen LogP contribution in [0.1, 0.15) is 125 Å². The summed E-state index contributed by atoms with van der Waals surface area (Å²) in [5, 5.41) is 0. The molecule has 1 nitrogen and oxygen atoms in total. The summed E-state index contributed by atoms with van der Waals surface area (Å²) < 4.78 is 0. The Morgan fingerprint density at radius 2 is 0.222 bits per heavy atom. The Balaban J connectivity index is -0.0000000201. The molecular weight excluding hydrogens is 400 g/mol. The zero-order valence-corrected chi connectivity index (χ0v) is 25.6. The first kappa shape index (κ1) is 56.6. The van der Waals surface area contributed by atoms with Crippen LogP contribution in [0.5, 0.6) is 0 Å². The van der Waals surface area contributed by atoms with Crippen LogP contribution in [-0.4, -0.2) is 5.48 Å². The Bertz CT molecular complexity index is 91.4. The fourth-order valence-electron chi connectivity index (χ4n) is 0. The molecular formula is C24H56OTi2. The van der Waals surface area contributed by atoms with E-state index in [1.165, 1.54) is 35.5 Å². The third-order valence-electron chi connectivity index (χ3n) is 0. The molecule has 0 atom stereocenters. The molecule has 0 bridgehead atoms. The number of rotatable bonds is 0. The molecule has 2 N–H and O–H groups in total. The van der Waals surface area contributed by atoms with Crippen LogP contribution in [0, 0.1) is 35.5 Å². The molecule has 0 aliphatic carbocycles. The van der Waals surface area contributed by atoms with E-state index in [9.17, 15) is 0 Å². The molecule has 0 saturated carbocycles. The van der Waals surface area contributed by atoms with E-state index in [-0.39, 0.29) is 48.9 Å². The largest absolute Gasteiger partial charge is 3.00 e. The predicted octanol–water partition coefficient (Wildman–Crippen LogP) is 8.89. The Labute approximate surface area is 208 Å². The minimum absolute atomic E-state index is 0. The minimum Gasteiger partial charge on any atom is -0.412 e. The first-order chi connectivity index (χ1) is 10.4. The summed E-state index contributed by atoms with van der Waals surface area (Å²) in [4.78, 5) is 0. The van der Waals surface area contributed by atoms with E-state index >= 15 is 0 Å². The predicted molar refractivity (Wildman–Crippen MR) is 125 cm³/mol. The van der Waals surface area contributed by atoms with Crippen LogP contribution in [0.3, 0.4) is 0 Å². The fourth-order valence-corrected chi connectivity index (χ4v) is 0. The van der Waals surface area contributed by atoms with Gasteiger partial charge in [-0.05, 0) is 0 Å². The van der Waals surface area contributed by atoms with Crippen molar-refractivity contribution in [3.05, 3.63) is 35.5 Å². The Kier molecular flexibility index (Phi) is 106. The van der Waals surface area contributed by atoms with Gasteiger partial charge in [-0.3, -0.25) is 0 Å². The summed E-state index contributed by atoms with van der Waals surface area (Å²) >= 11 is 0. The van der Waals surface area contributed by atoms with Gasteiger partial charge in [0.2, 0.25) is 0 Å². The molecule has 0 fully saturated rings. The molecule has 166 valence electrons. The SMILES string of the molecule is C[C-](C)C.C[C-](C)C.C[C-](C)C.C[C-](C)C.C[C-](C)C.C[C-](C)C.O.[Ti+3].[Ti+3]. The molecule has 0 aromatic heterocycles. The van der Waals surface area contributed by atoms with E-state index in [4.69, 9.17) is 0 Å². The number of hydrogen-bond acceptors (Lipinski definition) is 0. The van der Waals surface area contributed by atoms with Gasteiger partial charge in [-0.1, -0.05) is 0 Å². The summed E-state index contributed by atoms with van der Waals surface area (Å²) in [7, 11) is 0. The van der Waals surface area contributed by atoms with Gasteiger partial charge in [0.15, 0.2) is 0 Å². The normalized spacial score (nSPS) is 8.00. The number of hydrogen-bond donors (Lipinski definition) is 0. The third kappa shape index (κ3) is 9160. The van der Waals surface area contributed by atoms with Crippen LogP contribution in [0.15, 0.2) is 0 Å². The van der Waals surface area contributed by atoms with Crippen molar-refractivity contribution < 1.29 is 48.9 Å². The zero-order valence-electron chi connectivity index (χ0n) is 22.5. The maximum atomic E-state index is 2.08. The van der Waals surface area contributed by atoms with Gasteiger partial charge in [-0.15, -0.1) is 0 Å². The van der Waals surface area contributed by atoms with Crippen LogP contribution in [0.2, 0.25) is 0 Å². The van der Waals surface area contributed by atoms with Crippen molar-refractivity contribution in [1.29, 1.82) is 0 Å². The molecule has 0 aliphatic rings. The molecule has 0 rings (SSSR count). The van der Waals surface area contributed by atoms with Gasteiger partial charge in [-0.25, -0.2) is 0 Å². The monoisotopic (exact) mass is 456 g/mol. The van der Waals surface area contributed by atoms with Crippen molar-refractivity contribution in [3.63, 3.8) is 0 Å². The first-order valence-corrected chi connectivity index (χ1v) is 9.00. The molecule has 0 aromatic carbocycles. The average molecular weight is 456 g/mol. The second kappa shape index (κ2) is 50.7. The Morgan fingerprint density at radius 3 is 0.222 bits per heavy atom. The van der Waals surface area contributed by atoms with Crippen molar-refractivity contribution in [2.45, 2.75) is 125 Å². The topological polar surface area (TPSA) is 31.5 Å². The molecule has 0 amide bonds. The van der Waals surface area contributed by atoms with Crippen molar-refractivity contribution in [1.82, 2.24) is 0 Å². The van der Waals surface area contributed by atoms with Crippen LogP contribution in [-0.2, 0) is 43.4 Å². The molecule has 0 aliphatic heterocycles. The molecule has 0 unspecified atom stereocenters. The maximum Gasteiger partial charge on any atom is 3.00 e. The van der Waals surface area contributed by atoms with Crippen molar-refractivity contribution >= 4 is 0 Å². The second-order valence-corrected chi connectivity index (χ2v) is 9.00. The molecule has 0 heterocycles. The summed E-state index contributed by atoms with van der Waals surface area (Å²) in [5.41, 5.74) is 0. The van der Waals surface area contributed by atoms with E-state index in [0.717, 1.165) is 0 Å². The first-order valence-electron chi connectivity index (χ1n) is 9.00. The third-order valence-corrected chi connectivity index (χ3v) is 0. The second-order valence-electron chi connectivity index (χ2n) is 9.00. The summed E-state index contributed by atoms with van der Waals surface area (Å²) in [5.74, 6) is 8.50. The van der Waals surface area contributed by atoms with Gasteiger partial charge >= 0.3 is 43.4 Å². The van der Waals surface area contributed by atoms with Crippen molar-refractivity contribution in [2.75, 3.05) is 0 Å². The maximum absolute atomic E-state index is 2.08. The standard InChI is InChI=1S/6C4H9.H2O.2Ti/c6*1-4(2)3;;;/h6*1-3H3;1H2;;/q6*-1;;2*+3. The smallest absolute Gasteiger partial charge is 0.412 e. The van der Waals surface area contributed by atoms with Gasteiger partial charge in [0, 0.05) is 0 Å². The van der Waals surface area contributed by atoms with Gasteiger partial charge in [0.25, 0.3) is 0 Å². The van der Waals surface area contributed by atoms with Crippen molar-refractivity contribution in [2.24, 2.45) is 0 Å². The summed E-state index contributed by atoms with van der Waals surface area (Å²) in [6, 6.07) is 0. The zero-order chi connectivity index (χ0) is 21.5. The molecule has 0 aromatic rings. The van der Waals surface area contributed by atoms with Crippen LogP contribution < -0.4 is 0 Å². The van der Waals surface area contributed by atoms with E-state index < -0.39 is 0 Å². The minimum atomic E-state index is 0. The molecule has 2 radical (unpaired) electrons. The summed E-state index contributed by atoms with van der Waals surface area (Å²) in [6.07, 6.45) is 0. The van der Waals surface area contributed by atoms with Gasteiger partial charge in [0.05, 0.1) is 0 Å². The van der Waals surface area contributed by atoms with Gasteiger partial charge in [-0.2, -0.15) is 125 Å².